The number of ketones is 1. The summed E-state index contributed by atoms with van der Waals surface area (Å²) in [5.74, 6) is 0.570. The molecule has 0 amide bonds. The SMILES string of the molecule is O=C1[C@H](c2ccccc2)CC[C@H]1c1ccccc1. The van der Waals surface area contributed by atoms with Crippen LogP contribution < -0.4 is 0 Å². The van der Waals surface area contributed by atoms with Gasteiger partial charge in [0, 0.05) is 11.8 Å². The molecule has 2 aromatic carbocycles. The summed E-state index contributed by atoms with van der Waals surface area (Å²) in [6, 6.07) is 20.3. The minimum Gasteiger partial charge on any atom is -0.298 e. The van der Waals surface area contributed by atoms with Crippen LogP contribution in [0, 0.1) is 0 Å². The van der Waals surface area contributed by atoms with Gasteiger partial charge in [-0.2, -0.15) is 0 Å². The maximum atomic E-state index is 12.5. The number of benzene rings is 2. The van der Waals surface area contributed by atoms with Crippen molar-refractivity contribution in [3.05, 3.63) is 71.8 Å². The third-order valence-corrected chi connectivity index (χ3v) is 3.83. The molecule has 1 nitrogen and oxygen atoms in total. The van der Waals surface area contributed by atoms with Gasteiger partial charge in [0.2, 0.25) is 0 Å². The molecule has 0 aliphatic heterocycles. The molecule has 0 spiro atoms. The highest BCUT2D eigenvalue weighted by Crippen LogP contribution is 2.40. The Morgan fingerprint density at radius 3 is 1.44 bits per heavy atom. The highest BCUT2D eigenvalue weighted by molar-refractivity contribution is 5.93. The van der Waals surface area contributed by atoms with Crippen molar-refractivity contribution < 1.29 is 4.79 Å². The van der Waals surface area contributed by atoms with Crippen LogP contribution in [0.25, 0.3) is 0 Å². The molecule has 0 radical (unpaired) electrons. The molecule has 0 heterocycles. The van der Waals surface area contributed by atoms with Crippen molar-refractivity contribution in [3.8, 4) is 0 Å². The van der Waals surface area contributed by atoms with Gasteiger partial charge in [0.1, 0.15) is 5.78 Å². The molecule has 1 aliphatic rings. The highest BCUT2D eigenvalue weighted by Gasteiger charge is 2.35. The Labute approximate surface area is 107 Å². The Kier molecular flexibility index (Phi) is 2.97. The van der Waals surface area contributed by atoms with E-state index < -0.39 is 0 Å². The van der Waals surface area contributed by atoms with Gasteiger partial charge in [-0.1, -0.05) is 60.7 Å². The Bertz CT molecular complexity index is 481. The van der Waals surface area contributed by atoms with E-state index in [1.165, 1.54) is 11.1 Å². The molecule has 18 heavy (non-hydrogen) atoms. The predicted molar refractivity (Wildman–Crippen MR) is 72.6 cm³/mol. The van der Waals surface area contributed by atoms with Crippen molar-refractivity contribution in [1.82, 2.24) is 0 Å². The van der Waals surface area contributed by atoms with Crippen LogP contribution in [0.4, 0.5) is 0 Å². The molecule has 0 unspecified atom stereocenters. The van der Waals surface area contributed by atoms with Gasteiger partial charge in [0.05, 0.1) is 0 Å². The molecule has 2 aromatic rings. The van der Waals surface area contributed by atoms with Gasteiger partial charge in [-0.05, 0) is 24.0 Å². The summed E-state index contributed by atoms with van der Waals surface area (Å²) in [6.07, 6.45) is 1.95. The summed E-state index contributed by atoms with van der Waals surface area (Å²) >= 11 is 0. The van der Waals surface area contributed by atoms with Crippen LogP contribution in [-0.4, -0.2) is 5.78 Å². The number of hydrogen-bond acceptors (Lipinski definition) is 1. The van der Waals surface area contributed by atoms with Crippen molar-refractivity contribution in [1.29, 1.82) is 0 Å². The second kappa shape index (κ2) is 4.77. The number of carbonyl (C=O) groups is 1. The molecule has 90 valence electrons. The maximum absolute atomic E-state index is 12.5. The lowest BCUT2D eigenvalue weighted by Crippen LogP contribution is -2.11. The number of Topliss-reactive ketones (excluding diaryl/α,β-unsaturated/α-hetero) is 1. The largest absolute Gasteiger partial charge is 0.298 e. The first kappa shape index (κ1) is 11.2. The van der Waals surface area contributed by atoms with Crippen molar-refractivity contribution >= 4 is 5.78 Å². The van der Waals surface area contributed by atoms with E-state index in [2.05, 4.69) is 24.3 Å². The van der Waals surface area contributed by atoms with Crippen LogP contribution in [0.15, 0.2) is 60.7 Å². The van der Waals surface area contributed by atoms with E-state index in [0.717, 1.165) is 12.8 Å². The molecule has 0 N–H and O–H groups in total. The molecule has 1 saturated carbocycles. The minimum absolute atomic E-state index is 0.0939. The number of carbonyl (C=O) groups excluding carboxylic acids is 1. The Hall–Kier alpha value is -1.89. The van der Waals surface area contributed by atoms with Crippen molar-refractivity contribution in [3.63, 3.8) is 0 Å². The van der Waals surface area contributed by atoms with Gasteiger partial charge >= 0.3 is 0 Å². The molecule has 2 atom stereocenters. The Balaban J connectivity index is 1.86. The zero-order valence-electron chi connectivity index (χ0n) is 10.3. The molecule has 3 rings (SSSR count). The average Bonchev–Trinajstić information content (AvgIpc) is 2.83. The van der Waals surface area contributed by atoms with E-state index in [9.17, 15) is 4.79 Å². The lowest BCUT2D eigenvalue weighted by molar-refractivity contribution is -0.119. The fourth-order valence-electron chi connectivity index (χ4n) is 2.89. The van der Waals surface area contributed by atoms with Gasteiger partial charge in [-0.3, -0.25) is 4.79 Å². The molecule has 0 saturated heterocycles. The molecule has 1 heteroatoms. The second-order valence-electron chi connectivity index (χ2n) is 4.91. The van der Waals surface area contributed by atoms with Crippen LogP contribution in [-0.2, 0) is 4.79 Å². The van der Waals surface area contributed by atoms with E-state index in [-0.39, 0.29) is 11.8 Å². The van der Waals surface area contributed by atoms with Gasteiger partial charge in [0.15, 0.2) is 0 Å². The van der Waals surface area contributed by atoms with Crippen LogP contribution in [0.5, 0.6) is 0 Å². The molecule has 0 bridgehead atoms. The Morgan fingerprint density at radius 1 is 0.667 bits per heavy atom. The second-order valence-corrected chi connectivity index (χ2v) is 4.91. The zero-order valence-corrected chi connectivity index (χ0v) is 10.3. The quantitative estimate of drug-likeness (QED) is 0.772. The van der Waals surface area contributed by atoms with Crippen LogP contribution in [0.3, 0.4) is 0 Å². The first-order valence-corrected chi connectivity index (χ1v) is 6.50. The number of rotatable bonds is 2. The highest BCUT2D eigenvalue weighted by atomic mass is 16.1. The lowest BCUT2D eigenvalue weighted by atomic mass is 9.92. The van der Waals surface area contributed by atoms with Gasteiger partial charge in [-0.15, -0.1) is 0 Å². The fraction of sp³-hybridized carbons (Fsp3) is 0.235. The van der Waals surface area contributed by atoms with E-state index in [0.29, 0.717) is 5.78 Å². The fourth-order valence-corrected chi connectivity index (χ4v) is 2.89. The standard InChI is InChI=1S/C17H16O/c18-17-15(13-7-3-1-4-8-13)11-12-16(17)14-9-5-2-6-10-14/h1-10,15-16H,11-12H2/t15-,16-/m0/s1. The molecule has 0 aromatic heterocycles. The Morgan fingerprint density at radius 2 is 1.06 bits per heavy atom. The first-order valence-electron chi connectivity index (χ1n) is 6.50. The van der Waals surface area contributed by atoms with E-state index in [1.54, 1.807) is 0 Å². The molecule has 1 aliphatic carbocycles. The third kappa shape index (κ3) is 1.97. The predicted octanol–water partition coefficient (Wildman–Crippen LogP) is 3.92. The number of hydrogen-bond donors (Lipinski definition) is 0. The van der Waals surface area contributed by atoms with Crippen molar-refractivity contribution in [2.24, 2.45) is 0 Å². The van der Waals surface area contributed by atoms with Crippen molar-refractivity contribution in [2.75, 3.05) is 0 Å². The smallest absolute Gasteiger partial charge is 0.147 e. The van der Waals surface area contributed by atoms with Gasteiger partial charge in [-0.25, -0.2) is 0 Å². The third-order valence-electron chi connectivity index (χ3n) is 3.83. The van der Waals surface area contributed by atoms with Crippen molar-refractivity contribution in [2.45, 2.75) is 24.7 Å². The van der Waals surface area contributed by atoms with Gasteiger partial charge in [0.25, 0.3) is 0 Å². The summed E-state index contributed by atoms with van der Waals surface area (Å²) in [7, 11) is 0. The van der Waals surface area contributed by atoms with Gasteiger partial charge < -0.3 is 0 Å². The summed E-state index contributed by atoms with van der Waals surface area (Å²) in [6.45, 7) is 0. The first-order chi connectivity index (χ1) is 8.86. The topological polar surface area (TPSA) is 17.1 Å². The molecule has 1 fully saturated rings. The van der Waals surface area contributed by atoms with E-state index in [1.807, 2.05) is 36.4 Å². The van der Waals surface area contributed by atoms with Crippen LogP contribution in [0.2, 0.25) is 0 Å². The lowest BCUT2D eigenvalue weighted by Gasteiger charge is -2.11. The summed E-state index contributed by atoms with van der Waals surface area (Å²) in [5, 5.41) is 0. The van der Waals surface area contributed by atoms with Crippen LogP contribution in [0.1, 0.15) is 35.8 Å². The summed E-state index contributed by atoms with van der Waals surface area (Å²) < 4.78 is 0. The summed E-state index contributed by atoms with van der Waals surface area (Å²) in [5.41, 5.74) is 2.34. The monoisotopic (exact) mass is 236 g/mol. The maximum Gasteiger partial charge on any atom is 0.147 e. The zero-order chi connectivity index (χ0) is 12.4. The molecular formula is C17H16O. The average molecular weight is 236 g/mol. The van der Waals surface area contributed by atoms with Crippen LogP contribution >= 0.6 is 0 Å². The summed E-state index contributed by atoms with van der Waals surface area (Å²) in [4.78, 5) is 12.5. The van der Waals surface area contributed by atoms with E-state index >= 15 is 0 Å². The normalized spacial score (nSPS) is 23.2. The minimum atomic E-state index is 0.0939. The molecular weight excluding hydrogens is 220 g/mol. The van der Waals surface area contributed by atoms with E-state index in [4.69, 9.17) is 0 Å².